The smallest absolute Gasteiger partial charge is 0.246 e. The Kier molecular flexibility index (Phi) is 5.06. The Bertz CT molecular complexity index is 369. The summed E-state index contributed by atoms with van der Waals surface area (Å²) in [5.74, 6) is 0.719. The zero-order valence-electron chi connectivity index (χ0n) is 13.0. The van der Waals surface area contributed by atoms with Gasteiger partial charge in [0.05, 0.1) is 0 Å². The highest BCUT2D eigenvalue weighted by molar-refractivity contribution is 5.96. The highest BCUT2D eigenvalue weighted by Crippen LogP contribution is 2.33. The molecule has 0 aromatic carbocycles. The van der Waals surface area contributed by atoms with E-state index in [0.717, 1.165) is 25.7 Å². The van der Waals surface area contributed by atoms with E-state index in [1.165, 1.54) is 19.3 Å². The van der Waals surface area contributed by atoms with E-state index in [4.69, 9.17) is 0 Å². The van der Waals surface area contributed by atoms with Crippen molar-refractivity contribution in [3.05, 3.63) is 0 Å². The molecule has 114 valence electrons. The second-order valence-corrected chi connectivity index (χ2v) is 6.29. The summed E-state index contributed by atoms with van der Waals surface area (Å²) in [6.45, 7) is 6.12. The minimum absolute atomic E-state index is 0.0171. The summed E-state index contributed by atoms with van der Waals surface area (Å²) in [7, 11) is 0. The summed E-state index contributed by atoms with van der Waals surface area (Å²) in [6.07, 6.45) is 7.45. The van der Waals surface area contributed by atoms with Crippen LogP contribution < -0.4 is 5.32 Å². The zero-order chi connectivity index (χ0) is 14.7. The quantitative estimate of drug-likeness (QED) is 0.860. The fourth-order valence-electron chi connectivity index (χ4n) is 3.82. The maximum atomic E-state index is 12.7. The van der Waals surface area contributed by atoms with E-state index < -0.39 is 0 Å². The van der Waals surface area contributed by atoms with Crippen molar-refractivity contribution in [3.8, 4) is 0 Å². The molecule has 0 bridgehead atoms. The average molecular weight is 280 g/mol. The molecular weight excluding hydrogens is 252 g/mol. The monoisotopic (exact) mass is 280 g/mol. The highest BCUT2D eigenvalue weighted by atomic mass is 16.2. The second kappa shape index (κ2) is 6.59. The molecule has 1 aliphatic carbocycles. The molecule has 0 radical (unpaired) electrons. The summed E-state index contributed by atoms with van der Waals surface area (Å²) in [4.78, 5) is 26.8. The fraction of sp³-hybridized carbons (Fsp3) is 0.875. The molecule has 0 aromatic rings. The second-order valence-electron chi connectivity index (χ2n) is 6.29. The topological polar surface area (TPSA) is 49.4 Å². The predicted octanol–water partition coefficient (Wildman–Crippen LogP) is 2.47. The molecule has 4 unspecified atom stereocenters. The predicted molar refractivity (Wildman–Crippen MR) is 79.2 cm³/mol. The van der Waals surface area contributed by atoms with Gasteiger partial charge in [0.15, 0.2) is 0 Å². The molecule has 4 nitrogen and oxygen atoms in total. The van der Waals surface area contributed by atoms with E-state index in [9.17, 15) is 9.59 Å². The van der Waals surface area contributed by atoms with E-state index >= 15 is 0 Å². The van der Waals surface area contributed by atoms with Gasteiger partial charge in [0.1, 0.15) is 12.1 Å². The first-order valence-corrected chi connectivity index (χ1v) is 8.22. The Morgan fingerprint density at radius 2 is 1.90 bits per heavy atom. The number of carbonyl (C=O) groups excluding carboxylic acids is 2. The number of rotatable bonds is 4. The van der Waals surface area contributed by atoms with Crippen LogP contribution in [-0.2, 0) is 9.59 Å². The van der Waals surface area contributed by atoms with Crippen LogP contribution in [0.5, 0.6) is 0 Å². The summed E-state index contributed by atoms with van der Waals surface area (Å²) in [5, 5.41) is 2.89. The van der Waals surface area contributed by atoms with Crippen LogP contribution in [0, 0.1) is 5.92 Å². The third-order valence-corrected chi connectivity index (χ3v) is 4.99. The minimum atomic E-state index is -0.312. The molecule has 0 spiro atoms. The molecule has 1 heterocycles. The summed E-state index contributed by atoms with van der Waals surface area (Å²) in [5.41, 5.74) is 0. The lowest BCUT2D eigenvalue weighted by Crippen LogP contribution is -2.66. The number of hydrogen-bond donors (Lipinski definition) is 1. The van der Waals surface area contributed by atoms with Gasteiger partial charge in [0, 0.05) is 6.04 Å². The lowest BCUT2D eigenvalue weighted by atomic mass is 9.80. The van der Waals surface area contributed by atoms with Crippen LogP contribution in [0.1, 0.15) is 65.7 Å². The molecule has 2 rings (SSSR count). The number of nitrogens with zero attached hydrogens (tertiary/aromatic N) is 1. The molecule has 2 fully saturated rings. The molecule has 4 heteroatoms. The van der Waals surface area contributed by atoms with Crippen molar-refractivity contribution >= 4 is 11.8 Å². The lowest BCUT2D eigenvalue weighted by Gasteiger charge is -2.46. The van der Waals surface area contributed by atoms with Crippen molar-refractivity contribution in [3.63, 3.8) is 0 Å². The molecule has 1 saturated carbocycles. The molecule has 2 aliphatic rings. The summed E-state index contributed by atoms with van der Waals surface area (Å²) in [6, 6.07) is -0.349. The Morgan fingerprint density at radius 1 is 1.20 bits per heavy atom. The van der Waals surface area contributed by atoms with Crippen LogP contribution in [0.4, 0.5) is 0 Å². The van der Waals surface area contributed by atoms with Gasteiger partial charge in [0.25, 0.3) is 0 Å². The largest absolute Gasteiger partial charge is 0.343 e. The first kappa shape index (κ1) is 15.3. The molecule has 1 aliphatic heterocycles. The molecule has 0 aromatic heterocycles. The Balaban J connectivity index is 2.21. The van der Waals surface area contributed by atoms with Gasteiger partial charge in [0.2, 0.25) is 11.8 Å². The maximum Gasteiger partial charge on any atom is 0.246 e. The number of piperazine rings is 1. The van der Waals surface area contributed by atoms with Crippen molar-refractivity contribution in [1.82, 2.24) is 10.2 Å². The van der Waals surface area contributed by atoms with E-state index in [2.05, 4.69) is 19.2 Å². The molecule has 4 atom stereocenters. The zero-order valence-corrected chi connectivity index (χ0v) is 13.0. The third-order valence-electron chi connectivity index (χ3n) is 4.99. The molecular formula is C16H28N2O2. The van der Waals surface area contributed by atoms with Crippen LogP contribution in [0.15, 0.2) is 0 Å². The van der Waals surface area contributed by atoms with E-state index in [1.54, 1.807) is 0 Å². The third kappa shape index (κ3) is 2.84. The lowest BCUT2D eigenvalue weighted by molar-refractivity contribution is -0.154. The van der Waals surface area contributed by atoms with Crippen molar-refractivity contribution in [1.29, 1.82) is 0 Å². The Morgan fingerprint density at radius 3 is 2.55 bits per heavy atom. The highest BCUT2D eigenvalue weighted by Gasteiger charge is 2.43. The van der Waals surface area contributed by atoms with Gasteiger partial charge >= 0.3 is 0 Å². The number of hydrogen-bond acceptors (Lipinski definition) is 2. The van der Waals surface area contributed by atoms with Gasteiger partial charge in [-0.2, -0.15) is 0 Å². The van der Waals surface area contributed by atoms with Crippen molar-refractivity contribution < 1.29 is 9.59 Å². The van der Waals surface area contributed by atoms with Gasteiger partial charge in [-0.15, -0.1) is 0 Å². The molecule has 2 amide bonds. The van der Waals surface area contributed by atoms with Crippen LogP contribution >= 0.6 is 0 Å². The summed E-state index contributed by atoms with van der Waals surface area (Å²) >= 11 is 0. The molecule has 20 heavy (non-hydrogen) atoms. The average Bonchev–Trinajstić information content (AvgIpc) is 2.46. The van der Waals surface area contributed by atoms with Gasteiger partial charge in [-0.1, -0.05) is 39.5 Å². The van der Waals surface area contributed by atoms with E-state index in [0.29, 0.717) is 5.92 Å². The van der Waals surface area contributed by atoms with Gasteiger partial charge < -0.3 is 10.2 Å². The SMILES string of the molecule is CCCC1NC(=O)C(C)N(C2CCCCC2CC)C1=O. The maximum absolute atomic E-state index is 12.7. The van der Waals surface area contributed by atoms with Gasteiger partial charge in [-0.3, -0.25) is 9.59 Å². The Hall–Kier alpha value is -1.06. The standard InChI is InChI=1S/C16H28N2O2/c1-4-8-13-16(20)18(11(3)15(19)17-13)14-10-7-6-9-12(14)5-2/h11-14H,4-10H2,1-3H3,(H,17,19). The van der Waals surface area contributed by atoms with Crippen molar-refractivity contribution in [2.75, 3.05) is 0 Å². The Labute approximate surface area is 122 Å². The van der Waals surface area contributed by atoms with Crippen molar-refractivity contribution in [2.45, 2.75) is 83.8 Å². The van der Waals surface area contributed by atoms with Crippen LogP contribution in [0.2, 0.25) is 0 Å². The van der Waals surface area contributed by atoms with Gasteiger partial charge in [-0.05, 0) is 32.1 Å². The number of amides is 2. The van der Waals surface area contributed by atoms with Crippen LogP contribution in [0.25, 0.3) is 0 Å². The van der Waals surface area contributed by atoms with Crippen molar-refractivity contribution in [2.24, 2.45) is 5.92 Å². The molecule has 1 saturated heterocycles. The normalized spacial score (nSPS) is 35.0. The summed E-state index contributed by atoms with van der Waals surface area (Å²) < 4.78 is 0. The van der Waals surface area contributed by atoms with Crippen LogP contribution in [0.3, 0.4) is 0 Å². The number of nitrogens with one attached hydrogen (secondary N) is 1. The fourth-order valence-corrected chi connectivity index (χ4v) is 3.82. The molecule has 1 N–H and O–H groups in total. The van der Waals surface area contributed by atoms with E-state index in [-0.39, 0.29) is 29.9 Å². The van der Waals surface area contributed by atoms with Gasteiger partial charge in [-0.25, -0.2) is 0 Å². The number of carbonyl (C=O) groups is 2. The first-order chi connectivity index (χ1) is 9.60. The first-order valence-electron chi connectivity index (χ1n) is 8.22. The van der Waals surface area contributed by atoms with Crippen LogP contribution in [-0.4, -0.2) is 34.8 Å². The van der Waals surface area contributed by atoms with E-state index in [1.807, 2.05) is 11.8 Å². The minimum Gasteiger partial charge on any atom is -0.343 e.